The zero-order valence-electron chi connectivity index (χ0n) is 17.7. The fourth-order valence-corrected chi connectivity index (χ4v) is 4.05. The van der Waals surface area contributed by atoms with Gasteiger partial charge in [0.2, 0.25) is 5.91 Å². The summed E-state index contributed by atoms with van der Waals surface area (Å²) in [7, 11) is 0. The topological polar surface area (TPSA) is 72.0 Å². The first-order valence-electron chi connectivity index (χ1n) is 10.9. The molecule has 1 aromatic carbocycles. The molecule has 0 N–H and O–H groups in total. The van der Waals surface area contributed by atoms with Gasteiger partial charge in [-0.05, 0) is 42.5 Å². The third kappa shape index (κ3) is 5.89. The van der Waals surface area contributed by atoms with E-state index >= 15 is 0 Å². The smallest absolute Gasteiger partial charge is 0.252 e. The minimum Gasteiger partial charge on any atom is -0.370 e. The quantitative estimate of drug-likeness (QED) is 0.682. The Labute approximate surface area is 183 Å². The highest BCUT2D eigenvalue weighted by Crippen LogP contribution is 2.18. The lowest BCUT2D eigenvalue weighted by Crippen LogP contribution is -2.44. The summed E-state index contributed by atoms with van der Waals surface area (Å²) < 4.78 is 11.7. The Morgan fingerprint density at radius 3 is 2.65 bits per heavy atom. The van der Waals surface area contributed by atoms with E-state index in [9.17, 15) is 9.59 Å². The van der Waals surface area contributed by atoms with E-state index in [4.69, 9.17) is 9.47 Å². The van der Waals surface area contributed by atoms with E-state index in [2.05, 4.69) is 17.1 Å². The zero-order valence-corrected chi connectivity index (χ0v) is 17.7. The van der Waals surface area contributed by atoms with E-state index in [0.717, 1.165) is 18.4 Å². The summed E-state index contributed by atoms with van der Waals surface area (Å²) in [5, 5.41) is 0. The maximum atomic E-state index is 13.0. The standard InChI is InChI=1S/C24H29N3O4/c28-23-17-27(24(29)22-7-4-14-30-22)16-21(31-18-20-8-11-25-12-9-20)15-26(23)13-10-19-5-2-1-3-6-19/h1-3,5-6,8-9,11-12,21-22H,4,7,10,13-18H2/t21-,22-/m0/s1. The lowest BCUT2D eigenvalue weighted by molar-refractivity contribution is -0.145. The molecule has 7 nitrogen and oxygen atoms in total. The maximum Gasteiger partial charge on any atom is 0.252 e. The third-order valence-electron chi connectivity index (χ3n) is 5.79. The molecule has 2 aliphatic heterocycles. The van der Waals surface area contributed by atoms with E-state index in [-0.39, 0.29) is 24.5 Å². The van der Waals surface area contributed by atoms with Crippen LogP contribution in [-0.4, -0.2) is 71.6 Å². The highest BCUT2D eigenvalue weighted by atomic mass is 16.5. The van der Waals surface area contributed by atoms with Gasteiger partial charge in [-0.2, -0.15) is 0 Å². The van der Waals surface area contributed by atoms with Crippen LogP contribution in [0.4, 0.5) is 0 Å². The number of carbonyl (C=O) groups excluding carboxylic acids is 2. The van der Waals surface area contributed by atoms with Gasteiger partial charge in [-0.15, -0.1) is 0 Å². The Hall–Kier alpha value is -2.77. The fourth-order valence-electron chi connectivity index (χ4n) is 4.05. The minimum atomic E-state index is -0.440. The van der Waals surface area contributed by atoms with Crippen LogP contribution in [-0.2, 0) is 32.1 Å². The number of hydrogen-bond acceptors (Lipinski definition) is 5. The molecule has 0 bridgehead atoms. The van der Waals surface area contributed by atoms with Crippen LogP contribution in [0.2, 0.25) is 0 Å². The summed E-state index contributed by atoms with van der Waals surface area (Å²) in [5.74, 6) is -0.148. The summed E-state index contributed by atoms with van der Waals surface area (Å²) in [5.41, 5.74) is 2.19. The normalized spacial score (nSPS) is 21.9. The SMILES string of the molecule is O=C1CN(C(=O)[C@@H]2CCCO2)C[C@@H](OCc2ccncc2)CN1CCc1ccccc1. The van der Waals surface area contributed by atoms with Gasteiger partial charge in [-0.25, -0.2) is 0 Å². The molecule has 3 heterocycles. The van der Waals surface area contributed by atoms with E-state index in [1.165, 1.54) is 5.56 Å². The van der Waals surface area contributed by atoms with Gasteiger partial charge < -0.3 is 19.3 Å². The van der Waals surface area contributed by atoms with Crippen molar-refractivity contribution in [3.05, 3.63) is 66.0 Å². The largest absolute Gasteiger partial charge is 0.370 e. The number of carbonyl (C=O) groups is 2. The lowest BCUT2D eigenvalue weighted by Gasteiger charge is -2.26. The fraction of sp³-hybridized carbons (Fsp3) is 0.458. The highest BCUT2D eigenvalue weighted by Gasteiger charge is 2.35. The van der Waals surface area contributed by atoms with Crippen LogP contribution in [0.3, 0.4) is 0 Å². The number of rotatable bonds is 7. The summed E-state index contributed by atoms with van der Waals surface area (Å²) in [6.07, 6.45) is 5.12. The molecule has 7 heteroatoms. The number of pyridine rings is 1. The first-order valence-corrected chi connectivity index (χ1v) is 10.9. The van der Waals surface area contributed by atoms with Crippen molar-refractivity contribution in [2.24, 2.45) is 0 Å². The Kier molecular flexibility index (Phi) is 7.27. The van der Waals surface area contributed by atoms with Crippen molar-refractivity contribution in [1.82, 2.24) is 14.8 Å². The molecule has 2 aliphatic rings. The Morgan fingerprint density at radius 1 is 1.10 bits per heavy atom. The van der Waals surface area contributed by atoms with Crippen LogP contribution in [0, 0.1) is 0 Å². The summed E-state index contributed by atoms with van der Waals surface area (Å²) in [4.78, 5) is 33.5. The molecule has 0 saturated carbocycles. The number of aromatic nitrogens is 1. The van der Waals surface area contributed by atoms with Crippen molar-refractivity contribution in [3.8, 4) is 0 Å². The minimum absolute atomic E-state index is 0.0442. The second kappa shape index (κ2) is 10.5. The summed E-state index contributed by atoms with van der Waals surface area (Å²) in [6.45, 7) is 2.53. The van der Waals surface area contributed by atoms with E-state index in [0.29, 0.717) is 39.3 Å². The van der Waals surface area contributed by atoms with Crippen molar-refractivity contribution >= 4 is 11.8 Å². The summed E-state index contributed by atoms with van der Waals surface area (Å²) in [6, 6.07) is 13.9. The van der Waals surface area contributed by atoms with Gasteiger partial charge in [0.25, 0.3) is 5.91 Å². The molecule has 4 rings (SSSR count). The van der Waals surface area contributed by atoms with E-state index < -0.39 is 6.10 Å². The highest BCUT2D eigenvalue weighted by molar-refractivity contribution is 5.87. The van der Waals surface area contributed by atoms with Gasteiger partial charge in [0.05, 0.1) is 19.3 Å². The average Bonchev–Trinajstić information content (AvgIpc) is 3.29. The van der Waals surface area contributed by atoms with Crippen molar-refractivity contribution < 1.29 is 19.1 Å². The molecular formula is C24H29N3O4. The molecular weight excluding hydrogens is 394 g/mol. The van der Waals surface area contributed by atoms with Crippen LogP contribution in [0.1, 0.15) is 24.0 Å². The van der Waals surface area contributed by atoms with Crippen LogP contribution >= 0.6 is 0 Å². The molecule has 2 atom stereocenters. The Morgan fingerprint density at radius 2 is 1.90 bits per heavy atom. The van der Waals surface area contributed by atoms with E-state index in [1.807, 2.05) is 35.2 Å². The van der Waals surface area contributed by atoms with Crippen molar-refractivity contribution in [3.63, 3.8) is 0 Å². The molecule has 1 aromatic heterocycles. The molecule has 31 heavy (non-hydrogen) atoms. The van der Waals surface area contributed by atoms with Gasteiger partial charge in [-0.3, -0.25) is 14.6 Å². The van der Waals surface area contributed by atoms with Crippen molar-refractivity contribution in [2.75, 3.05) is 32.8 Å². The van der Waals surface area contributed by atoms with Crippen molar-refractivity contribution in [1.29, 1.82) is 0 Å². The number of ether oxygens (including phenoxy) is 2. The molecule has 0 aliphatic carbocycles. The number of benzene rings is 1. The molecule has 0 unspecified atom stereocenters. The Bertz CT molecular complexity index is 856. The van der Waals surface area contributed by atoms with Crippen LogP contribution in [0.5, 0.6) is 0 Å². The van der Waals surface area contributed by atoms with Crippen LogP contribution in [0.25, 0.3) is 0 Å². The second-order valence-electron chi connectivity index (χ2n) is 8.08. The van der Waals surface area contributed by atoms with Crippen LogP contribution < -0.4 is 0 Å². The van der Waals surface area contributed by atoms with Gasteiger partial charge in [-0.1, -0.05) is 30.3 Å². The van der Waals surface area contributed by atoms with Gasteiger partial charge in [0.15, 0.2) is 0 Å². The zero-order chi connectivity index (χ0) is 21.5. The number of hydrogen-bond donors (Lipinski definition) is 0. The first-order chi connectivity index (χ1) is 15.2. The molecule has 2 amide bonds. The number of amides is 2. The Balaban J connectivity index is 1.44. The third-order valence-corrected chi connectivity index (χ3v) is 5.79. The molecule has 0 spiro atoms. The summed E-state index contributed by atoms with van der Waals surface area (Å²) >= 11 is 0. The van der Waals surface area contributed by atoms with Crippen molar-refractivity contribution in [2.45, 2.75) is 38.1 Å². The van der Waals surface area contributed by atoms with Gasteiger partial charge in [0.1, 0.15) is 6.10 Å². The predicted octanol–water partition coefficient (Wildman–Crippen LogP) is 2.06. The second-order valence-corrected chi connectivity index (χ2v) is 8.08. The number of nitrogens with zero attached hydrogens (tertiary/aromatic N) is 3. The maximum absolute atomic E-state index is 13.0. The van der Waals surface area contributed by atoms with Gasteiger partial charge >= 0.3 is 0 Å². The average molecular weight is 424 g/mol. The molecule has 0 radical (unpaired) electrons. The van der Waals surface area contributed by atoms with Gasteiger partial charge in [0, 0.05) is 38.6 Å². The lowest BCUT2D eigenvalue weighted by atomic mass is 10.1. The molecule has 164 valence electrons. The van der Waals surface area contributed by atoms with Crippen LogP contribution in [0.15, 0.2) is 54.9 Å². The van der Waals surface area contributed by atoms with E-state index in [1.54, 1.807) is 17.3 Å². The molecule has 2 aromatic rings. The molecule has 2 saturated heterocycles. The first kappa shape index (κ1) is 21.5. The monoisotopic (exact) mass is 423 g/mol. The predicted molar refractivity (Wildman–Crippen MR) is 115 cm³/mol. The molecule has 2 fully saturated rings.